The minimum absolute atomic E-state index is 0.176. The van der Waals surface area contributed by atoms with Crippen molar-refractivity contribution < 1.29 is 4.42 Å². The van der Waals surface area contributed by atoms with E-state index in [2.05, 4.69) is 248 Å². The molecule has 2 aliphatic carbocycles. The fraction of sp³-hybridized carbons (Fsp3) is 0.0625. The van der Waals surface area contributed by atoms with Gasteiger partial charge in [-0.25, -0.2) is 0 Å². The smallest absolute Gasteiger partial charge is 0.135 e. The van der Waals surface area contributed by atoms with Gasteiger partial charge in [-0.1, -0.05) is 172 Å². The quantitative estimate of drug-likeness (QED) is 0.172. The van der Waals surface area contributed by atoms with Crippen molar-refractivity contribution in [2.24, 2.45) is 0 Å². The zero-order valence-corrected chi connectivity index (χ0v) is 37.2. The Balaban J connectivity index is 1.04. The van der Waals surface area contributed by atoms with Crippen LogP contribution in [0.2, 0.25) is 0 Å². The fourth-order valence-corrected chi connectivity index (χ4v) is 12.2. The van der Waals surface area contributed by atoms with Gasteiger partial charge in [-0.2, -0.15) is 0 Å². The molecule has 0 saturated heterocycles. The normalized spacial score (nSPS) is 14.3. The Morgan fingerprint density at radius 2 is 0.896 bits per heavy atom. The second kappa shape index (κ2) is 14.1. The average molecular weight is 857 g/mol. The van der Waals surface area contributed by atoms with Crippen LogP contribution in [0.15, 0.2) is 235 Å². The summed E-state index contributed by atoms with van der Waals surface area (Å²) in [6.45, 7) is 4.74. The lowest BCUT2D eigenvalue weighted by atomic mass is 9.64. The van der Waals surface area contributed by atoms with Crippen molar-refractivity contribution in [3.8, 4) is 33.4 Å². The van der Waals surface area contributed by atoms with Crippen LogP contribution in [0.3, 0.4) is 0 Å². The number of hydrogen-bond acceptors (Lipinski definition) is 3. The maximum Gasteiger partial charge on any atom is 0.135 e. The van der Waals surface area contributed by atoms with Gasteiger partial charge >= 0.3 is 0 Å². The van der Waals surface area contributed by atoms with Crippen LogP contribution in [0.5, 0.6) is 0 Å². The van der Waals surface area contributed by atoms with E-state index in [0.717, 1.165) is 55.8 Å². The van der Waals surface area contributed by atoms with Crippen molar-refractivity contribution >= 4 is 56.1 Å². The molecule has 3 heteroatoms. The molecule has 14 rings (SSSR count). The van der Waals surface area contributed by atoms with Gasteiger partial charge < -0.3 is 14.2 Å². The van der Waals surface area contributed by atoms with Gasteiger partial charge in [0.05, 0.1) is 22.5 Å². The lowest BCUT2D eigenvalue weighted by molar-refractivity contribution is 0.660. The molecule has 11 aromatic rings. The molecule has 3 nitrogen and oxygen atoms in total. The first-order valence-electron chi connectivity index (χ1n) is 23.3. The number of para-hydroxylation sites is 5. The molecule has 1 aromatic heterocycles. The van der Waals surface area contributed by atoms with Crippen LogP contribution in [0.25, 0.3) is 55.3 Å². The predicted molar refractivity (Wildman–Crippen MR) is 277 cm³/mol. The number of benzene rings is 10. The lowest BCUT2D eigenvalue weighted by Crippen LogP contribution is -2.36. The third kappa shape index (κ3) is 5.23. The van der Waals surface area contributed by atoms with Gasteiger partial charge in [0.1, 0.15) is 11.2 Å². The zero-order chi connectivity index (χ0) is 44.4. The number of nitrogens with zero attached hydrogens (tertiary/aromatic N) is 2. The van der Waals surface area contributed by atoms with E-state index >= 15 is 0 Å². The van der Waals surface area contributed by atoms with Crippen LogP contribution in [-0.4, -0.2) is 0 Å². The average Bonchev–Trinajstić information content (AvgIpc) is 3.98. The predicted octanol–water partition coefficient (Wildman–Crippen LogP) is 17.2. The fourth-order valence-electron chi connectivity index (χ4n) is 12.2. The number of rotatable bonds is 5. The second-order valence-electron chi connectivity index (χ2n) is 18.8. The molecule has 0 fully saturated rings. The Hall–Kier alpha value is -8.40. The Morgan fingerprint density at radius 1 is 0.373 bits per heavy atom. The van der Waals surface area contributed by atoms with Crippen molar-refractivity contribution in [3.05, 3.63) is 264 Å². The monoisotopic (exact) mass is 856 g/mol. The van der Waals surface area contributed by atoms with E-state index in [0.29, 0.717) is 0 Å². The van der Waals surface area contributed by atoms with Gasteiger partial charge in [-0.15, -0.1) is 0 Å². The SMILES string of the molecule is CC1(C)c2ccccc2-c2ccc(N(c3ccc4c(c3)C3(c5ccccc5-4)c4ccccc4N(c4ccccc4)c4ccccc43)c3ccccc3-c3ccc4oc5ccccc5c4c3)cc21. The molecule has 0 bridgehead atoms. The molecular formula is C64H44N2O. The lowest BCUT2D eigenvalue weighted by Gasteiger charge is -2.45. The summed E-state index contributed by atoms with van der Waals surface area (Å²) in [5, 5.41) is 2.24. The summed E-state index contributed by atoms with van der Waals surface area (Å²) in [5.74, 6) is 0. The molecule has 1 aliphatic heterocycles. The van der Waals surface area contributed by atoms with Gasteiger partial charge in [-0.05, 0) is 134 Å². The summed E-state index contributed by atoms with van der Waals surface area (Å²) in [7, 11) is 0. The highest BCUT2D eigenvalue weighted by Crippen LogP contribution is 2.64. The topological polar surface area (TPSA) is 19.6 Å². The molecular weight excluding hydrogens is 813 g/mol. The standard InChI is InChI=1S/C64H44N2O/c1-63(2)52-24-10-6-21-46(52)48-35-33-43(39-56(48)63)65(58-28-14-8-20-45(58)41-32-37-62-51(38-41)50-23-9-17-31-61(50)67-62)44-34-36-49-47-22-7-11-25-53(47)64(57(49)40-44)54-26-12-15-29-59(54)66(42-18-4-3-5-19-42)60-30-16-13-27-55(60)64/h3-40H,1-2H3. The maximum atomic E-state index is 6.34. The van der Waals surface area contributed by atoms with Gasteiger partial charge in [0, 0.05) is 38.8 Å². The first-order valence-corrected chi connectivity index (χ1v) is 23.3. The molecule has 2 heterocycles. The molecule has 10 aromatic carbocycles. The number of fused-ring (bicyclic) bond motifs is 15. The summed E-state index contributed by atoms with van der Waals surface area (Å²) < 4.78 is 6.34. The van der Waals surface area contributed by atoms with Gasteiger partial charge in [0.2, 0.25) is 0 Å². The summed E-state index contributed by atoms with van der Waals surface area (Å²) in [5.41, 5.74) is 23.1. The summed E-state index contributed by atoms with van der Waals surface area (Å²) in [4.78, 5) is 4.97. The van der Waals surface area contributed by atoms with E-state index in [-0.39, 0.29) is 5.41 Å². The molecule has 0 radical (unpaired) electrons. The zero-order valence-electron chi connectivity index (χ0n) is 37.2. The third-order valence-corrected chi connectivity index (χ3v) is 15.1. The molecule has 1 spiro atoms. The van der Waals surface area contributed by atoms with E-state index in [1.165, 1.54) is 67.0 Å². The van der Waals surface area contributed by atoms with E-state index in [1.807, 2.05) is 6.07 Å². The van der Waals surface area contributed by atoms with E-state index < -0.39 is 5.41 Å². The van der Waals surface area contributed by atoms with Crippen LogP contribution >= 0.6 is 0 Å². The van der Waals surface area contributed by atoms with E-state index in [4.69, 9.17) is 4.42 Å². The highest BCUT2D eigenvalue weighted by Gasteiger charge is 2.52. The van der Waals surface area contributed by atoms with Crippen LogP contribution in [0, 0.1) is 0 Å². The van der Waals surface area contributed by atoms with Crippen molar-refractivity contribution in [1.82, 2.24) is 0 Å². The molecule has 0 amide bonds. The highest BCUT2D eigenvalue weighted by atomic mass is 16.3. The second-order valence-corrected chi connectivity index (χ2v) is 18.8. The Kier molecular flexibility index (Phi) is 7.95. The van der Waals surface area contributed by atoms with Gasteiger partial charge in [0.25, 0.3) is 0 Å². The molecule has 0 N–H and O–H groups in total. The highest BCUT2D eigenvalue weighted by molar-refractivity contribution is 6.07. The molecule has 3 aliphatic rings. The minimum atomic E-state index is -0.597. The van der Waals surface area contributed by atoms with Crippen LogP contribution in [0.1, 0.15) is 47.2 Å². The van der Waals surface area contributed by atoms with Crippen molar-refractivity contribution in [1.29, 1.82) is 0 Å². The largest absolute Gasteiger partial charge is 0.456 e. The first kappa shape index (κ1) is 37.9. The molecule has 0 atom stereocenters. The van der Waals surface area contributed by atoms with Crippen molar-refractivity contribution in [2.75, 3.05) is 9.80 Å². The number of hydrogen-bond donors (Lipinski definition) is 0. The van der Waals surface area contributed by atoms with Crippen LogP contribution in [0.4, 0.5) is 34.1 Å². The number of furan rings is 1. The van der Waals surface area contributed by atoms with Crippen molar-refractivity contribution in [2.45, 2.75) is 24.7 Å². The molecule has 316 valence electrons. The Bertz CT molecular complexity index is 3770. The van der Waals surface area contributed by atoms with Crippen molar-refractivity contribution in [3.63, 3.8) is 0 Å². The maximum absolute atomic E-state index is 6.34. The molecule has 0 saturated carbocycles. The van der Waals surface area contributed by atoms with Gasteiger partial charge in [0.15, 0.2) is 0 Å². The first-order chi connectivity index (χ1) is 33.0. The van der Waals surface area contributed by atoms with Crippen LogP contribution < -0.4 is 9.80 Å². The molecule has 67 heavy (non-hydrogen) atoms. The van der Waals surface area contributed by atoms with E-state index in [1.54, 1.807) is 0 Å². The Morgan fingerprint density at radius 3 is 1.63 bits per heavy atom. The number of anilines is 6. The third-order valence-electron chi connectivity index (χ3n) is 15.1. The van der Waals surface area contributed by atoms with E-state index in [9.17, 15) is 0 Å². The summed E-state index contributed by atoms with van der Waals surface area (Å²) >= 11 is 0. The summed E-state index contributed by atoms with van der Waals surface area (Å²) in [6, 6.07) is 85.3. The van der Waals surface area contributed by atoms with Crippen LogP contribution in [-0.2, 0) is 10.8 Å². The summed E-state index contributed by atoms with van der Waals surface area (Å²) in [6.07, 6.45) is 0. The van der Waals surface area contributed by atoms with Gasteiger partial charge in [-0.3, -0.25) is 0 Å². The Labute approximate surface area is 390 Å². The molecule has 0 unspecified atom stereocenters. The minimum Gasteiger partial charge on any atom is -0.456 e.